The average molecular weight is 331 g/mol. The van der Waals surface area contributed by atoms with Crippen molar-refractivity contribution in [3.05, 3.63) is 77.1 Å². The average Bonchev–Trinajstić information content (AvgIpc) is 2.93. The van der Waals surface area contributed by atoms with Gasteiger partial charge in [0.25, 0.3) is 11.8 Å². The van der Waals surface area contributed by atoms with Crippen LogP contribution in [0.4, 0.5) is 0 Å². The largest absolute Gasteiger partial charge is 0.348 e. The van der Waals surface area contributed by atoms with Crippen molar-refractivity contribution in [3.63, 3.8) is 0 Å². The smallest absolute Gasteiger partial charge is 0.254 e. The molecule has 0 radical (unpaired) electrons. The first-order valence-electron chi connectivity index (χ1n) is 8.11. The Morgan fingerprint density at radius 3 is 2.92 bits per heavy atom. The van der Waals surface area contributed by atoms with E-state index in [0.717, 1.165) is 27.5 Å². The number of hydrogen-bond donors (Lipinski definition) is 1. The van der Waals surface area contributed by atoms with E-state index >= 15 is 0 Å². The molecule has 5 heteroatoms. The lowest BCUT2D eigenvalue weighted by atomic mass is 10.1. The van der Waals surface area contributed by atoms with Crippen LogP contribution < -0.4 is 5.32 Å². The van der Waals surface area contributed by atoms with Crippen LogP contribution in [0.1, 0.15) is 31.8 Å². The summed E-state index contributed by atoms with van der Waals surface area (Å²) in [5.41, 5.74) is 3.35. The van der Waals surface area contributed by atoms with Gasteiger partial charge in [0.2, 0.25) is 0 Å². The van der Waals surface area contributed by atoms with E-state index in [4.69, 9.17) is 0 Å². The number of nitrogens with one attached hydrogen (secondary N) is 1. The van der Waals surface area contributed by atoms with E-state index in [0.29, 0.717) is 18.7 Å². The third-order valence-corrected chi connectivity index (χ3v) is 4.51. The standard InChI is InChI=1S/C20H17N3O2/c1-23-12-17-8-13(2-5-18(17)20(23)25)10-22-19(24)15-4-3-14-6-7-21-11-16(14)9-15/h2-9,11H,10,12H2,1H3,(H,22,24). The number of hydrogen-bond acceptors (Lipinski definition) is 3. The summed E-state index contributed by atoms with van der Waals surface area (Å²) >= 11 is 0. The Morgan fingerprint density at radius 2 is 2.04 bits per heavy atom. The van der Waals surface area contributed by atoms with Crippen LogP contribution in [0.2, 0.25) is 0 Å². The highest BCUT2D eigenvalue weighted by Crippen LogP contribution is 2.22. The summed E-state index contributed by atoms with van der Waals surface area (Å²) in [6.45, 7) is 1.04. The number of fused-ring (bicyclic) bond motifs is 2. The minimum absolute atomic E-state index is 0.0513. The number of benzene rings is 2. The quantitative estimate of drug-likeness (QED) is 0.803. The Labute approximate surface area is 145 Å². The van der Waals surface area contributed by atoms with Gasteiger partial charge >= 0.3 is 0 Å². The van der Waals surface area contributed by atoms with Crippen LogP contribution in [0.25, 0.3) is 10.8 Å². The molecule has 5 nitrogen and oxygen atoms in total. The molecule has 4 rings (SSSR count). The summed E-state index contributed by atoms with van der Waals surface area (Å²) in [6, 6.07) is 13.2. The van der Waals surface area contributed by atoms with E-state index in [1.165, 1.54) is 0 Å². The molecule has 0 saturated carbocycles. The Balaban J connectivity index is 1.48. The maximum Gasteiger partial charge on any atom is 0.254 e. The molecule has 124 valence electrons. The minimum atomic E-state index is -0.126. The lowest BCUT2D eigenvalue weighted by molar-refractivity contribution is 0.0816. The van der Waals surface area contributed by atoms with Crippen molar-refractivity contribution < 1.29 is 9.59 Å². The predicted molar refractivity (Wildman–Crippen MR) is 95.2 cm³/mol. The molecule has 2 amide bonds. The summed E-state index contributed by atoms with van der Waals surface area (Å²) < 4.78 is 0. The Kier molecular flexibility index (Phi) is 3.69. The molecule has 3 aromatic rings. The van der Waals surface area contributed by atoms with Crippen LogP contribution in [-0.2, 0) is 13.1 Å². The van der Waals surface area contributed by atoms with Crippen LogP contribution in [0.5, 0.6) is 0 Å². The van der Waals surface area contributed by atoms with E-state index in [9.17, 15) is 9.59 Å². The van der Waals surface area contributed by atoms with E-state index < -0.39 is 0 Å². The van der Waals surface area contributed by atoms with Gasteiger partial charge in [-0.2, -0.15) is 0 Å². The molecule has 0 saturated heterocycles. The van der Waals surface area contributed by atoms with Gasteiger partial charge in [0, 0.05) is 49.0 Å². The maximum atomic E-state index is 12.4. The van der Waals surface area contributed by atoms with E-state index in [1.54, 1.807) is 24.3 Å². The van der Waals surface area contributed by atoms with Gasteiger partial charge in [-0.15, -0.1) is 0 Å². The second kappa shape index (κ2) is 6.02. The van der Waals surface area contributed by atoms with Crippen LogP contribution in [0.15, 0.2) is 54.9 Å². The molecular formula is C20H17N3O2. The number of pyridine rings is 1. The van der Waals surface area contributed by atoms with Crippen LogP contribution in [0, 0.1) is 0 Å². The zero-order valence-electron chi connectivity index (χ0n) is 13.8. The highest BCUT2D eigenvalue weighted by atomic mass is 16.2. The van der Waals surface area contributed by atoms with Crippen molar-refractivity contribution in [2.45, 2.75) is 13.1 Å². The van der Waals surface area contributed by atoms with Crippen LogP contribution in [0.3, 0.4) is 0 Å². The summed E-state index contributed by atoms with van der Waals surface area (Å²) in [7, 11) is 1.79. The van der Waals surface area contributed by atoms with Crippen molar-refractivity contribution >= 4 is 22.6 Å². The van der Waals surface area contributed by atoms with Crippen molar-refractivity contribution in [2.24, 2.45) is 0 Å². The Bertz CT molecular complexity index is 997. The second-order valence-corrected chi connectivity index (χ2v) is 6.27. The lowest BCUT2D eigenvalue weighted by Gasteiger charge is -2.07. The van der Waals surface area contributed by atoms with E-state index in [2.05, 4.69) is 10.3 Å². The zero-order valence-corrected chi connectivity index (χ0v) is 13.8. The van der Waals surface area contributed by atoms with Gasteiger partial charge in [0.15, 0.2) is 0 Å². The third kappa shape index (κ3) is 2.85. The molecule has 0 bridgehead atoms. The van der Waals surface area contributed by atoms with Gasteiger partial charge in [-0.25, -0.2) is 0 Å². The first-order valence-corrected chi connectivity index (χ1v) is 8.11. The van der Waals surface area contributed by atoms with Crippen molar-refractivity contribution in [2.75, 3.05) is 7.05 Å². The molecule has 2 aromatic carbocycles. The molecule has 1 N–H and O–H groups in total. The van der Waals surface area contributed by atoms with Crippen molar-refractivity contribution in [3.8, 4) is 0 Å². The van der Waals surface area contributed by atoms with Crippen LogP contribution in [-0.4, -0.2) is 28.7 Å². The number of amides is 2. The van der Waals surface area contributed by atoms with Gasteiger partial charge in [0.1, 0.15) is 0 Å². The molecule has 0 spiro atoms. The summed E-state index contributed by atoms with van der Waals surface area (Å²) in [4.78, 5) is 30.1. The summed E-state index contributed by atoms with van der Waals surface area (Å²) in [5, 5.41) is 4.93. The van der Waals surface area contributed by atoms with Gasteiger partial charge in [0.05, 0.1) is 0 Å². The fourth-order valence-electron chi connectivity index (χ4n) is 3.14. The summed E-state index contributed by atoms with van der Waals surface area (Å²) in [5.74, 6) is -0.0743. The van der Waals surface area contributed by atoms with Crippen molar-refractivity contribution in [1.29, 1.82) is 0 Å². The first-order chi connectivity index (χ1) is 12.1. The topological polar surface area (TPSA) is 62.3 Å². The maximum absolute atomic E-state index is 12.4. The molecular weight excluding hydrogens is 314 g/mol. The fourth-order valence-corrected chi connectivity index (χ4v) is 3.14. The molecule has 0 unspecified atom stereocenters. The van der Waals surface area contributed by atoms with Gasteiger partial charge in [-0.05, 0) is 40.8 Å². The van der Waals surface area contributed by atoms with Gasteiger partial charge in [-0.3, -0.25) is 14.6 Å². The molecule has 0 atom stereocenters. The van der Waals surface area contributed by atoms with Crippen molar-refractivity contribution in [1.82, 2.24) is 15.2 Å². The SMILES string of the molecule is CN1Cc2cc(CNC(=O)c3ccc4ccncc4c3)ccc2C1=O. The predicted octanol–water partition coefficient (Wildman–Crippen LogP) is 2.75. The number of carbonyl (C=O) groups is 2. The molecule has 0 fully saturated rings. The number of carbonyl (C=O) groups excluding carboxylic acids is 2. The van der Waals surface area contributed by atoms with E-state index in [1.807, 2.05) is 42.5 Å². The first kappa shape index (κ1) is 15.3. The minimum Gasteiger partial charge on any atom is -0.348 e. The zero-order chi connectivity index (χ0) is 17.4. The lowest BCUT2D eigenvalue weighted by Crippen LogP contribution is -2.22. The van der Waals surface area contributed by atoms with E-state index in [-0.39, 0.29) is 11.8 Å². The summed E-state index contributed by atoms with van der Waals surface area (Å²) in [6.07, 6.45) is 3.48. The molecule has 2 heterocycles. The molecule has 1 aliphatic heterocycles. The number of aromatic nitrogens is 1. The highest BCUT2D eigenvalue weighted by Gasteiger charge is 2.24. The third-order valence-electron chi connectivity index (χ3n) is 4.51. The molecule has 1 aliphatic rings. The number of nitrogens with zero attached hydrogens (tertiary/aromatic N) is 2. The highest BCUT2D eigenvalue weighted by molar-refractivity contribution is 5.99. The molecule has 25 heavy (non-hydrogen) atoms. The number of rotatable bonds is 3. The Morgan fingerprint density at radius 1 is 1.16 bits per heavy atom. The van der Waals surface area contributed by atoms with Gasteiger partial charge < -0.3 is 10.2 Å². The second-order valence-electron chi connectivity index (χ2n) is 6.27. The monoisotopic (exact) mass is 331 g/mol. The van der Waals surface area contributed by atoms with Gasteiger partial charge in [-0.1, -0.05) is 18.2 Å². The van der Waals surface area contributed by atoms with Crippen LogP contribution >= 0.6 is 0 Å². The normalized spacial score (nSPS) is 13.2. The molecule has 1 aromatic heterocycles. The Hall–Kier alpha value is -3.21. The molecule has 0 aliphatic carbocycles. The fraction of sp³-hybridized carbons (Fsp3) is 0.150.